The van der Waals surface area contributed by atoms with Crippen LogP contribution in [0.2, 0.25) is 0 Å². The Bertz CT molecular complexity index is 506. The predicted molar refractivity (Wildman–Crippen MR) is 50.3 cm³/mol. The molecular weight excluding hydrogens is 186 g/mol. The number of aromatic hydroxyl groups is 1. The Morgan fingerprint density at radius 3 is 2.57 bits per heavy atom. The topological polar surface area (TPSA) is 20.2 Å². The van der Waals surface area contributed by atoms with Crippen LogP contribution in [-0.2, 0) is 0 Å². The third-order valence-electron chi connectivity index (χ3n) is 2.19. The van der Waals surface area contributed by atoms with Crippen LogP contribution in [0.5, 0.6) is 5.75 Å². The van der Waals surface area contributed by atoms with Crippen LogP contribution >= 0.6 is 0 Å². The smallest absolute Gasteiger partial charge is 0.166 e. The molecule has 0 unspecified atom stereocenters. The van der Waals surface area contributed by atoms with E-state index >= 15 is 0 Å². The molecule has 0 aliphatic heterocycles. The van der Waals surface area contributed by atoms with E-state index in [4.69, 9.17) is 0 Å². The van der Waals surface area contributed by atoms with Crippen LogP contribution in [0, 0.1) is 18.6 Å². The first kappa shape index (κ1) is 8.94. The van der Waals surface area contributed by atoms with Crippen LogP contribution in [0.15, 0.2) is 24.3 Å². The minimum Gasteiger partial charge on any atom is -0.508 e. The highest BCUT2D eigenvalue weighted by Gasteiger charge is 2.09. The lowest BCUT2D eigenvalue weighted by Crippen LogP contribution is -1.88. The predicted octanol–water partition coefficient (Wildman–Crippen LogP) is 3.13. The minimum absolute atomic E-state index is 0.0565. The molecule has 2 aromatic rings. The van der Waals surface area contributed by atoms with Crippen molar-refractivity contribution >= 4 is 10.8 Å². The van der Waals surface area contributed by atoms with E-state index in [0.717, 1.165) is 6.07 Å². The Kier molecular flexibility index (Phi) is 1.88. The summed E-state index contributed by atoms with van der Waals surface area (Å²) in [4.78, 5) is 0. The van der Waals surface area contributed by atoms with Crippen molar-refractivity contribution in [2.75, 3.05) is 0 Å². The van der Waals surface area contributed by atoms with Crippen molar-refractivity contribution in [1.29, 1.82) is 0 Å². The standard InChI is InChI=1S/C11H8F2O/c1-6-4-8(14)5-7-2-3-9(12)11(13)10(6)7/h2-5,14H,1H3. The Morgan fingerprint density at radius 2 is 1.86 bits per heavy atom. The van der Waals surface area contributed by atoms with Gasteiger partial charge in [-0.3, -0.25) is 0 Å². The molecule has 0 fully saturated rings. The summed E-state index contributed by atoms with van der Waals surface area (Å²) in [5.74, 6) is -1.67. The molecule has 1 nitrogen and oxygen atoms in total. The van der Waals surface area contributed by atoms with Gasteiger partial charge in [-0.2, -0.15) is 0 Å². The van der Waals surface area contributed by atoms with Crippen LogP contribution in [-0.4, -0.2) is 5.11 Å². The molecule has 0 aliphatic carbocycles. The Balaban J connectivity index is 2.95. The minimum atomic E-state index is -0.869. The van der Waals surface area contributed by atoms with Crippen LogP contribution in [0.1, 0.15) is 5.56 Å². The largest absolute Gasteiger partial charge is 0.508 e. The molecule has 0 radical (unpaired) electrons. The van der Waals surface area contributed by atoms with Gasteiger partial charge in [0.15, 0.2) is 11.6 Å². The van der Waals surface area contributed by atoms with E-state index in [0.29, 0.717) is 10.9 Å². The zero-order valence-electron chi connectivity index (χ0n) is 7.51. The lowest BCUT2D eigenvalue weighted by atomic mass is 10.0. The van der Waals surface area contributed by atoms with E-state index in [1.807, 2.05) is 0 Å². The van der Waals surface area contributed by atoms with Gasteiger partial charge in [0.1, 0.15) is 5.75 Å². The highest BCUT2D eigenvalue weighted by atomic mass is 19.2. The normalized spacial score (nSPS) is 10.8. The first-order valence-electron chi connectivity index (χ1n) is 4.17. The molecule has 72 valence electrons. The highest BCUT2D eigenvalue weighted by Crippen LogP contribution is 2.27. The second-order valence-corrected chi connectivity index (χ2v) is 3.22. The summed E-state index contributed by atoms with van der Waals surface area (Å²) in [6.07, 6.45) is 0. The van der Waals surface area contributed by atoms with E-state index in [2.05, 4.69) is 0 Å². The molecule has 0 amide bonds. The second kappa shape index (κ2) is 2.94. The van der Waals surface area contributed by atoms with Crippen LogP contribution in [0.25, 0.3) is 10.8 Å². The molecular formula is C11H8F2O. The molecule has 0 bridgehead atoms. The van der Waals surface area contributed by atoms with Crippen LogP contribution in [0.4, 0.5) is 8.78 Å². The summed E-state index contributed by atoms with van der Waals surface area (Å²) >= 11 is 0. The first-order chi connectivity index (χ1) is 6.59. The number of hydrogen-bond donors (Lipinski definition) is 1. The van der Waals surface area contributed by atoms with Crippen molar-refractivity contribution in [3.8, 4) is 5.75 Å². The zero-order chi connectivity index (χ0) is 10.3. The number of aryl methyl sites for hydroxylation is 1. The van der Waals surface area contributed by atoms with Crippen molar-refractivity contribution in [1.82, 2.24) is 0 Å². The van der Waals surface area contributed by atoms with Gasteiger partial charge in [-0.1, -0.05) is 6.07 Å². The monoisotopic (exact) mass is 194 g/mol. The molecule has 0 spiro atoms. The summed E-state index contributed by atoms with van der Waals surface area (Å²) in [5, 5.41) is 9.98. The van der Waals surface area contributed by atoms with Crippen molar-refractivity contribution in [2.45, 2.75) is 6.92 Å². The summed E-state index contributed by atoms with van der Waals surface area (Å²) in [6.45, 7) is 1.63. The van der Waals surface area contributed by atoms with Gasteiger partial charge >= 0.3 is 0 Å². The molecule has 2 aromatic carbocycles. The zero-order valence-corrected chi connectivity index (χ0v) is 7.51. The molecule has 0 saturated heterocycles. The van der Waals surface area contributed by atoms with Gasteiger partial charge in [0.2, 0.25) is 0 Å². The fourth-order valence-corrected chi connectivity index (χ4v) is 1.58. The number of fused-ring (bicyclic) bond motifs is 1. The summed E-state index contributed by atoms with van der Waals surface area (Å²) in [6, 6.07) is 5.31. The number of phenols is 1. The molecule has 14 heavy (non-hydrogen) atoms. The molecule has 0 aliphatic rings. The van der Waals surface area contributed by atoms with Crippen molar-refractivity contribution in [3.05, 3.63) is 41.5 Å². The molecule has 3 heteroatoms. The Hall–Kier alpha value is -1.64. The molecule has 1 N–H and O–H groups in total. The van der Waals surface area contributed by atoms with E-state index < -0.39 is 11.6 Å². The van der Waals surface area contributed by atoms with Crippen molar-refractivity contribution in [2.24, 2.45) is 0 Å². The van der Waals surface area contributed by atoms with Gasteiger partial charge in [0.25, 0.3) is 0 Å². The third-order valence-corrected chi connectivity index (χ3v) is 2.19. The lowest BCUT2D eigenvalue weighted by Gasteiger charge is -2.05. The third kappa shape index (κ3) is 1.21. The number of halogens is 2. The number of rotatable bonds is 0. The van der Waals surface area contributed by atoms with Crippen LogP contribution in [0.3, 0.4) is 0 Å². The maximum absolute atomic E-state index is 13.3. The quantitative estimate of drug-likeness (QED) is 0.683. The molecule has 0 aromatic heterocycles. The SMILES string of the molecule is Cc1cc(O)cc2ccc(F)c(F)c12. The Morgan fingerprint density at radius 1 is 1.14 bits per heavy atom. The second-order valence-electron chi connectivity index (χ2n) is 3.22. The summed E-state index contributed by atoms with van der Waals surface area (Å²) in [5.41, 5.74) is 0.525. The summed E-state index contributed by atoms with van der Waals surface area (Å²) in [7, 11) is 0. The average Bonchev–Trinajstić information content (AvgIpc) is 2.10. The van der Waals surface area contributed by atoms with Gasteiger partial charge < -0.3 is 5.11 Å². The highest BCUT2D eigenvalue weighted by molar-refractivity contribution is 5.87. The number of phenolic OH excluding ortho intramolecular Hbond substituents is 1. The molecule has 0 atom stereocenters. The van der Waals surface area contributed by atoms with Gasteiger partial charge in [0.05, 0.1) is 0 Å². The van der Waals surface area contributed by atoms with Gasteiger partial charge in [-0.05, 0) is 36.1 Å². The number of hydrogen-bond acceptors (Lipinski definition) is 1. The lowest BCUT2D eigenvalue weighted by molar-refractivity contribution is 0.475. The molecule has 0 heterocycles. The fraction of sp³-hybridized carbons (Fsp3) is 0.0909. The van der Waals surface area contributed by atoms with E-state index in [1.54, 1.807) is 6.92 Å². The van der Waals surface area contributed by atoms with Gasteiger partial charge in [-0.15, -0.1) is 0 Å². The maximum Gasteiger partial charge on any atom is 0.166 e. The summed E-state index contributed by atoms with van der Waals surface area (Å²) < 4.78 is 26.2. The van der Waals surface area contributed by atoms with Crippen LogP contribution < -0.4 is 0 Å². The average molecular weight is 194 g/mol. The van der Waals surface area contributed by atoms with Gasteiger partial charge in [0, 0.05) is 5.39 Å². The molecule has 2 rings (SSSR count). The van der Waals surface area contributed by atoms with E-state index in [-0.39, 0.29) is 11.1 Å². The number of benzene rings is 2. The van der Waals surface area contributed by atoms with E-state index in [9.17, 15) is 13.9 Å². The fourth-order valence-electron chi connectivity index (χ4n) is 1.58. The Labute approximate surface area is 79.6 Å². The van der Waals surface area contributed by atoms with Gasteiger partial charge in [-0.25, -0.2) is 8.78 Å². The van der Waals surface area contributed by atoms with Crippen molar-refractivity contribution in [3.63, 3.8) is 0 Å². The van der Waals surface area contributed by atoms with E-state index in [1.165, 1.54) is 18.2 Å². The molecule has 0 saturated carbocycles. The first-order valence-corrected chi connectivity index (χ1v) is 4.17. The maximum atomic E-state index is 13.3. The van der Waals surface area contributed by atoms with Crippen molar-refractivity contribution < 1.29 is 13.9 Å².